The molecule has 1 atom stereocenters. The van der Waals surface area contributed by atoms with Gasteiger partial charge < -0.3 is 5.32 Å². The molecule has 1 fully saturated rings. The number of rotatable bonds is 5. The Balaban J connectivity index is 1.67. The van der Waals surface area contributed by atoms with E-state index in [0.29, 0.717) is 16.9 Å². The maximum Gasteiger partial charge on any atom is 0.325 e. The van der Waals surface area contributed by atoms with Crippen LogP contribution in [0.15, 0.2) is 53.4 Å². The Hall–Kier alpha value is -2.85. The Bertz CT molecular complexity index is 877. The molecule has 2 aromatic carbocycles. The number of nitriles is 1. The number of nitrogens with one attached hydrogen (secondary N) is 1. The Labute approximate surface area is 154 Å². The highest BCUT2D eigenvalue weighted by molar-refractivity contribution is 7.99. The largest absolute Gasteiger partial charge is 0.325 e. The lowest BCUT2D eigenvalue weighted by molar-refractivity contribution is -0.130. The van der Waals surface area contributed by atoms with Crippen LogP contribution in [-0.2, 0) is 10.3 Å². The van der Waals surface area contributed by atoms with Gasteiger partial charge in [0.2, 0.25) is 0 Å². The zero-order valence-corrected chi connectivity index (χ0v) is 14.8. The summed E-state index contributed by atoms with van der Waals surface area (Å²) in [6.07, 6.45) is 0. The molecule has 1 N–H and O–H groups in total. The van der Waals surface area contributed by atoms with E-state index in [9.17, 15) is 14.0 Å². The minimum atomic E-state index is -1.15. The van der Waals surface area contributed by atoms with Crippen LogP contribution in [0.3, 0.4) is 0 Å². The van der Waals surface area contributed by atoms with Gasteiger partial charge in [-0.1, -0.05) is 12.1 Å². The molecule has 0 aromatic heterocycles. The molecule has 1 heterocycles. The van der Waals surface area contributed by atoms with E-state index in [2.05, 4.69) is 5.32 Å². The van der Waals surface area contributed by atoms with Crippen molar-refractivity contribution in [2.45, 2.75) is 17.4 Å². The third-order valence-corrected chi connectivity index (χ3v) is 5.26. The first-order valence-corrected chi connectivity index (χ1v) is 8.96. The van der Waals surface area contributed by atoms with E-state index in [1.54, 1.807) is 43.3 Å². The molecule has 7 heteroatoms. The molecule has 0 bridgehead atoms. The number of urea groups is 1. The van der Waals surface area contributed by atoms with Gasteiger partial charge in [-0.25, -0.2) is 9.18 Å². The Morgan fingerprint density at radius 1 is 1.15 bits per heavy atom. The Kier molecular flexibility index (Phi) is 4.96. The number of benzene rings is 2. The quantitative estimate of drug-likeness (QED) is 0.649. The number of hydrogen-bond acceptors (Lipinski definition) is 4. The molecule has 2 aromatic rings. The summed E-state index contributed by atoms with van der Waals surface area (Å²) in [5.74, 6) is -0.123. The smallest absolute Gasteiger partial charge is 0.319 e. The highest BCUT2D eigenvalue weighted by atomic mass is 32.2. The fourth-order valence-electron chi connectivity index (χ4n) is 2.76. The molecule has 1 aliphatic heterocycles. The average molecular weight is 369 g/mol. The predicted octanol–water partition coefficient (Wildman–Crippen LogP) is 3.26. The lowest BCUT2D eigenvalue weighted by atomic mass is 9.91. The van der Waals surface area contributed by atoms with Gasteiger partial charge in [-0.15, -0.1) is 11.8 Å². The monoisotopic (exact) mass is 369 g/mol. The molecule has 3 amide bonds. The van der Waals surface area contributed by atoms with Crippen molar-refractivity contribution in [3.05, 3.63) is 65.5 Å². The Morgan fingerprint density at radius 2 is 1.81 bits per heavy atom. The van der Waals surface area contributed by atoms with E-state index in [1.165, 1.54) is 28.8 Å². The highest BCUT2D eigenvalue weighted by Gasteiger charge is 2.48. The van der Waals surface area contributed by atoms with Crippen LogP contribution in [0.4, 0.5) is 9.18 Å². The van der Waals surface area contributed by atoms with Gasteiger partial charge in [-0.2, -0.15) is 5.26 Å². The molecule has 132 valence electrons. The van der Waals surface area contributed by atoms with E-state index in [-0.39, 0.29) is 18.3 Å². The summed E-state index contributed by atoms with van der Waals surface area (Å²) in [6, 6.07) is 14.2. The summed E-state index contributed by atoms with van der Waals surface area (Å²) in [6.45, 7) is 1.90. The van der Waals surface area contributed by atoms with E-state index in [1.807, 2.05) is 6.07 Å². The van der Waals surface area contributed by atoms with Gasteiger partial charge >= 0.3 is 6.03 Å². The number of amides is 3. The molecular weight excluding hydrogens is 353 g/mol. The van der Waals surface area contributed by atoms with E-state index in [4.69, 9.17) is 5.26 Å². The van der Waals surface area contributed by atoms with Crippen molar-refractivity contribution in [3.63, 3.8) is 0 Å². The number of hydrogen-bond donors (Lipinski definition) is 1. The van der Waals surface area contributed by atoms with Crippen LogP contribution in [0.5, 0.6) is 0 Å². The van der Waals surface area contributed by atoms with Crippen molar-refractivity contribution in [1.29, 1.82) is 5.26 Å². The second-order valence-electron chi connectivity index (χ2n) is 6.00. The maximum atomic E-state index is 12.9. The summed E-state index contributed by atoms with van der Waals surface area (Å²) in [7, 11) is 0. The molecule has 1 saturated heterocycles. The van der Waals surface area contributed by atoms with Crippen molar-refractivity contribution in [2.75, 3.05) is 12.3 Å². The van der Waals surface area contributed by atoms with Crippen LogP contribution in [0.25, 0.3) is 0 Å². The third-order valence-electron chi connectivity index (χ3n) is 4.26. The lowest BCUT2D eigenvalue weighted by Crippen LogP contribution is -2.41. The van der Waals surface area contributed by atoms with Gasteiger partial charge in [0, 0.05) is 17.2 Å². The van der Waals surface area contributed by atoms with Crippen molar-refractivity contribution in [2.24, 2.45) is 0 Å². The fourth-order valence-corrected chi connectivity index (χ4v) is 3.60. The van der Waals surface area contributed by atoms with Gasteiger partial charge in [-0.3, -0.25) is 9.69 Å². The first kappa shape index (κ1) is 18.0. The molecule has 1 aliphatic rings. The molecule has 0 aliphatic carbocycles. The summed E-state index contributed by atoms with van der Waals surface area (Å²) in [5, 5.41) is 11.6. The number of nitrogens with zero attached hydrogens (tertiary/aromatic N) is 2. The minimum Gasteiger partial charge on any atom is -0.319 e. The number of thioether (sulfide) groups is 1. The third kappa shape index (κ3) is 3.41. The van der Waals surface area contributed by atoms with Gasteiger partial charge in [0.1, 0.15) is 11.4 Å². The lowest BCUT2D eigenvalue weighted by Gasteiger charge is -2.22. The van der Waals surface area contributed by atoms with Gasteiger partial charge in [0.05, 0.1) is 11.6 Å². The summed E-state index contributed by atoms with van der Waals surface area (Å²) >= 11 is 1.44. The van der Waals surface area contributed by atoms with Gasteiger partial charge in [0.15, 0.2) is 0 Å². The second kappa shape index (κ2) is 7.18. The maximum absolute atomic E-state index is 12.9. The molecule has 0 spiro atoms. The number of halogens is 1. The van der Waals surface area contributed by atoms with E-state index in [0.717, 1.165) is 4.90 Å². The van der Waals surface area contributed by atoms with Crippen LogP contribution in [0, 0.1) is 17.1 Å². The Morgan fingerprint density at radius 3 is 2.42 bits per heavy atom. The van der Waals surface area contributed by atoms with Crippen LogP contribution >= 0.6 is 11.8 Å². The SMILES string of the molecule is CC1(c2ccc(C#N)cc2)NC(=O)N(CCSc2ccc(F)cc2)C1=O. The molecule has 0 saturated carbocycles. The average Bonchev–Trinajstić information content (AvgIpc) is 2.87. The molecule has 0 radical (unpaired) electrons. The van der Waals surface area contributed by atoms with Crippen LogP contribution in [0.1, 0.15) is 18.1 Å². The predicted molar refractivity (Wildman–Crippen MR) is 95.9 cm³/mol. The molecule has 26 heavy (non-hydrogen) atoms. The minimum absolute atomic E-state index is 0.249. The zero-order chi connectivity index (χ0) is 18.7. The topological polar surface area (TPSA) is 73.2 Å². The summed E-state index contributed by atoms with van der Waals surface area (Å²) < 4.78 is 12.9. The van der Waals surface area contributed by atoms with Crippen molar-refractivity contribution < 1.29 is 14.0 Å². The van der Waals surface area contributed by atoms with Crippen molar-refractivity contribution in [1.82, 2.24) is 10.2 Å². The molecule has 1 unspecified atom stereocenters. The number of carbonyl (C=O) groups is 2. The summed E-state index contributed by atoms with van der Waals surface area (Å²) in [5.41, 5.74) is -0.0313. The van der Waals surface area contributed by atoms with E-state index < -0.39 is 11.6 Å². The van der Waals surface area contributed by atoms with Crippen molar-refractivity contribution >= 4 is 23.7 Å². The zero-order valence-electron chi connectivity index (χ0n) is 14.0. The van der Waals surface area contributed by atoms with E-state index >= 15 is 0 Å². The first-order valence-electron chi connectivity index (χ1n) is 7.97. The summed E-state index contributed by atoms with van der Waals surface area (Å²) in [4.78, 5) is 27.1. The number of imide groups is 1. The van der Waals surface area contributed by atoms with Crippen LogP contribution in [0.2, 0.25) is 0 Å². The molecular formula is C19H16FN3O2S. The van der Waals surface area contributed by atoms with Gasteiger partial charge in [0.25, 0.3) is 5.91 Å². The van der Waals surface area contributed by atoms with Gasteiger partial charge in [-0.05, 0) is 48.9 Å². The van der Waals surface area contributed by atoms with Crippen LogP contribution in [-0.4, -0.2) is 29.1 Å². The highest BCUT2D eigenvalue weighted by Crippen LogP contribution is 2.29. The molecule has 5 nitrogen and oxygen atoms in total. The standard InChI is InChI=1S/C19H16FN3O2S/c1-19(14-4-2-13(12-21)3-5-14)17(24)23(18(25)22-19)10-11-26-16-8-6-15(20)7-9-16/h2-9H,10-11H2,1H3,(H,22,25). The normalized spacial score (nSPS) is 19.3. The van der Waals surface area contributed by atoms with Crippen molar-refractivity contribution in [3.8, 4) is 6.07 Å². The fraction of sp³-hybridized carbons (Fsp3) is 0.211. The second-order valence-corrected chi connectivity index (χ2v) is 7.17. The first-order chi connectivity index (χ1) is 12.4. The van der Waals surface area contributed by atoms with Crippen LogP contribution < -0.4 is 5.32 Å². The molecule has 3 rings (SSSR count). The number of carbonyl (C=O) groups excluding carboxylic acids is 2.